The lowest BCUT2D eigenvalue weighted by Crippen LogP contribution is -2.50. The number of allylic oxidation sites excluding steroid dienone is 2. The van der Waals surface area contributed by atoms with Gasteiger partial charge < -0.3 is 0 Å². The number of nitro benzene ring substituents is 1. The minimum Gasteiger partial charge on any atom is -0.272 e. The Morgan fingerprint density at radius 3 is 2.34 bits per heavy atom. The molecule has 5 rings (SSSR count). The number of carbonyl (C=O) groups is 3. The molecule has 4 atom stereocenters. The Morgan fingerprint density at radius 2 is 1.72 bits per heavy atom. The maximum atomic E-state index is 13.5. The van der Waals surface area contributed by atoms with Crippen LogP contribution in [-0.2, 0) is 16.1 Å². The quantitative estimate of drug-likeness (QED) is 0.299. The first-order valence-electron chi connectivity index (χ1n) is 10.2. The van der Waals surface area contributed by atoms with Crippen LogP contribution in [-0.4, -0.2) is 32.7 Å². The van der Waals surface area contributed by atoms with Crippen molar-refractivity contribution in [2.75, 3.05) is 0 Å². The van der Waals surface area contributed by atoms with Crippen molar-refractivity contribution in [3.63, 3.8) is 0 Å². The molecule has 1 saturated heterocycles. The number of hydrazine groups is 1. The normalized spacial score (nSPS) is 25.3. The van der Waals surface area contributed by atoms with Crippen LogP contribution in [0, 0.1) is 33.8 Å². The minimum absolute atomic E-state index is 0.00464. The van der Waals surface area contributed by atoms with Gasteiger partial charge in [-0.25, -0.2) is 5.01 Å². The van der Waals surface area contributed by atoms with Crippen LogP contribution >= 0.6 is 11.6 Å². The van der Waals surface area contributed by atoms with E-state index in [4.69, 9.17) is 11.6 Å². The molecule has 2 aliphatic carbocycles. The number of rotatable bonds is 5. The SMILES string of the molecule is O=C(c1cccc([N+](=O)[O-])c1)N(Cc1ccccc1Cl)N1C(=O)[C@@H]2[C@H](C1=O)[C@H]1C=C[C@H]2C1. The molecule has 8 nitrogen and oxygen atoms in total. The lowest BCUT2D eigenvalue weighted by atomic mass is 9.85. The lowest BCUT2D eigenvalue weighted by Gasteiger charge is -2.31. The van der Waals surface area contributed by atoms with Crippen molar-refractivity contribution in [2.45, 2.75) is 13.0 Å². The van der Waals surface area contributed by atoms with Gasteiger partial charge in [0, 0.05) is 22.7 Å². The molecule has 3 aliphatic rings. The van der Waals surface area contributed by atoms with Gasteiger partial charge in [0.2, 0.25) is 0 Å². The Bertz CT molecular complexity index is 1170. The van der Waals surface area contributed by atoms with Crippen molar-refractivity contribution in [1.29, 1.82) is 0 Å². The van der Waals surface area contributed by atoms with Gasteiger partial charge in [-0.3, -0.25) is 24.5 Å². The fourth-order valence-corrected chi connectivity index (χ4v) is 5.24. The molecule has 1 saturated carbocycles. The van der Waals surface area contributed by atoms with E-state index in [-0.39, 0.29) is 29.6 Å². The molecule has 1 aliphatic heterocycles. The second-order valence-electron chi connectivity index (χ2n) is 8.25. The van der Waals surface area contributed by atoms with E-state index in [1.54, 1.807) is 24.3 Å². The first-order valence-corrected chi connectivity index (χ1v) is 10.6. The van der Waals surface area contributed by atoms with Crippen molar-refractivity contribution in [2.24, 2.45) is 23.7 Å². The molecule has 162 valence electrons. The monoisotopic (exact) mass is 451 g/mol. The molecule has 9 heteroatoms. The zero-order valence-corrected chi connectivity index (χ0v) is 17.5. The molecule has 2 fully saturated rings. The Balaban J connectivity index is 1.55. The summed E-state index contributed by atoms with van der Waals surface area (Å²) in [5.41, 5.74) is 0.295. The number of fused-ring (bicyclic) bond motifs is 5. The van der Waals surface area contributed by atoms with Crippen molar-refractivity contribution in [3.05, 3.63) is 86.9 Å². The fourth-order valence-electron chi connectivity index (χ4n) is 5.05. The third-order valence-corrected chi connectivity index (χ3v) is 6.87. The highest BCUT2D eigenvalue weighted by molar-refractivity contribution is 6.31. The van der Waals surface area contributed by atoms with E-state index >= 15 is 0 Å². The van der Waals surface area contributed by atoms with Crippen LogP contribution in [0.5, 0.6) is 0 Å². The molecular weight excluding hydrogens is 434 g/mol. The van der Waals surface area contributed by atoms with Crippen LogP contribution in [0.2, 0.25) is 5.02 Å². The number of hydrogen-bond acceptors (Lipinski definition) is 5. The summed E-state index contributed by atoms with van der Waals surface area (Å²) in [6.07, 6.45) is 4.71. The summed E-state index contributed by atoms with van der Waals surface area (Å²) >= 11 is 6.29. The van der Waals surface area contributed by atoms with Crippen LogP contribution in [0.1, 0.15) is 22.3 Å². The second-order valence-corrected chi connectivity index (χ2v) is 8.66. The molecule has 32 heavy (non-hydrogen) atoms. The van der Waals surface area contributed by atoms with Gasteiger partial charge in [0.1, 0.15) is 0 Å². The minimum atomic E-state index is -0.685. The molecule has 2 bridgehead atoms. The third-order valence-electron chi connectivity index (χ3n) is 6.50. The van der Waals surface area contributed by atoms with Crippen LogP contribution in [0.25, 0.3) is 0 Å². The number of halogens is 1. The van der Waals surface area contributed by atoms with E-state index < -0.39 is 34.5 Å². The summed E-state index contributed by atoms with van der Waals surface area (Å²) in [7, 11) is 0. The Hall–Kier alpha value is -3.52. The first-order chi connectivity index (χ1) is 15.4. The molecular formula is C23H18ClN3O5. The highest BCUT2D eigenvalue weighted by Gasteiger charge is 2.61. The van der Waals surface area contributed by atoms with Gasteiger partial charge in [0.05, 0.1) is 23.3 Å². The highest BCUT2D eigenvalue weighted by Crippen LogP contribution is 2.53. The first kappa shape index (κ1) is 20.4. The van der Waals surface area contributed by atoms with E-state index in [0.717, 1.165) is 22.5 Å². The molecule has 0 unspecified atom stereocenters. The lowest BCUT2D eigenvalue weighted by molar-refractivity contribution is -0.384. The number of hydrogen-bond donors (Lipinski definition) is 0. The van der Waals surface area contributed by atoms with Gasteiger partial charge >= 0.3 is 0 Å². The Kier molecular flexibility index (Phi) is 4.82. The third kappa shape index (κ3) is 3.10. The van der Waals surface area contributed by atoms with E-state index in [1.165, 1.54) is 18.2 Å². The Morgan fingerprint density at radius 1 is 1.06 bits per heavy atom. The van der Waals surface area contributed by atoms with Gasteiger partial charge in [-0.2, -0.15) is 5.01 Å². The molecule has 0 aromatic heterocycles. The van der Waals surface area contributed by atoms with E-state index in [0.29, 0.717) is 10.6 Å². The molecule has 0 spiro atoms. The standard InChI is InChI=1S/C23H18ClN3O5/c24-18-7-2-1-4-16(18)12-25(21(28)15-5-3-6-17(11-15)27(31)32)26-22(29)19-13-8-9-14(10-13)20(19)23(26)30/h1-9,11,13-14,19-20H,10,12H2/t13-,14-,19-,20+/m0/s1. The van der Waals surface area contributed by atoms with Crippen LogP contribution < -0.4 is 0 Å². The highest BCUT2D eigenvalue weighted by atomic mass is 35.5. The van der Waals surface area contributed by atoms with E-state index in [2.05, 4.69) is 0 Å². The van der Waals surface area contributed by atoms with Crippen molar-refractivity contribution in [1.82, 2.24) is 10.0 Å². The van der Waals surface area contributed by atoms with E-state index in [1.807, 2.05) is 12.2 Å². The zero-order valence-electron chi connectivity index (χ0n) is 16.8. The zero-order chi connectivity index (χ0) is 22.6. The number of nitro groups is 1. The van der Waals surface area contributed by atoms with E-state index in [9.17, 15) is 24.5 Å². The summed E-state index contributed by atoms with van der Waals surface area (Å²) < 4.78 is 0. The van der Waals surface area contributed by atoms with Gasteiger partial charge in [0.25, 0.3) is 23.4 Å². The molecule has 1 heterocycles. The topological polar surface area (TPSA) is 101 Å². The summed E-state index contributed by atoms with van der Waals surface area (Å²) in [5.74, 6) is -2.50. The number of nitrogens with zero attached hydrogens (tertiary/aromatic N) is 3. The number of non-ortho nitro benzene ring substituents is 1. The van der Waals surface area contributed by atoms with Gasteiger partial charge in [-0.1, -0.05) is 48.0 Å². The molecule has 3 amide bonds. The number of carbonyl (C=O) groups excluding carboxylic acids is 3. The number of amides is 3. The predicted octanol–water partition coefficient (Wildman–Crippen LogP) is 3.61. The average molecular weight is 452 g/mol. The summed E-state index contributed by atoms with van der Waals surface area (Å²) in [6.45, 7) is -0.124. The van der Waals surface area contributed by atoms with Crippen LogP contribution in [0.3, 0.4) is 0 Å². The average Bonchev–Trinajstić information content (AvgIpc) is 3.47. The maximum Gasteiger partial charge on any atom is 0.273 e. The van der Waals surface area contributed by atoms with Crippen LogP contribution in [0.4, 0.5) is 5.69 Å². The number of benzene rings is 2. The summed E-state index contributed by atoms with van der Waals surface area (Å²) in [4.78, 5) is 50.8. The largest absolute Gasteiger partial charge is 0.273 e. The van der Waals surface area contributed by atoms with Gasteiger partial charge in [0.15, 0.2) is 0 Å². The number of imide groups is 1. The Labute approximate surface area is 188 Å². The van der Waals surface area contributed by atoms with Crippen molar-refractivity contribution < 1.29 is 19.3 Å². The molecule has 0 radical (unpaired) electrons. The molecule has 0 N–H and O–H groups in total. The van der Waals surface area contributed by atoms with Crippen molar-refractivity contribution in [3.8, 4) is 0 Å². The second kappa shape index (κ2) is 7.56. The van der Waals surface area contributed by atoms with Gasteiger partial charge in [-0.15, -0.1) is 0 Å². The molecule has 2 aromatic rings. The molecule has 2 aromatic carbocycles. The fraction of sp³-hybridized carbons (Fsp3) is 0.261. The smallest absolute Gasteiger partial charge is 0.272 e. The predicted molar refractivity (Wildman–Crippen MR) is 114 cm³/mol. The van der Waals surface area contributed by atoms with Gasteiger partial charge in [-0.05, 0) is 36.0 Å². The summed E-state index contributed by atoms with van der Waals surface area (Å²) in [6, 6.07) is 12.1. The van der Waals surface area contributed by atoms with Crippen molar-refractivity contribution >= 4 is 35.0 Å². The summed E-state index contributed by atoms with van der Waals surface area (Å²) in [5, 5.41) is 13.6. The van der Waals surface area contributed by atoms with Crippen LogP contribution in [0.15, 0.2) is 60.7 Å². The maximum absolute atomic E-state index is 13.5.